The van der Waals surface area contributed by atoms with Crippen LogP contribution in [0.3, 0.4) is 0 Å². The van der Waals surface area contributed by atoms with Crippen LogP contribution in [0.2, 0.25) is 0 Å². The highest BCUT2D eigenvalue weighted by Gasteiger charge is 2.21. The lowest BCUT2D eigenvalue weighted by Gasteiger charge is -2.32. The maximum Gasteiger partial charge on any atom is 0.251 e. The van der Waals surface area contributed by atoms with Gasteiger partial charge in [0.25, 0.3) is 5.91 Å². The monoisotopic (exact) mass is 401 g/mol. The number of hydrogen-bond donors (Lipinski definition) is 1. The number of nitrogens with one attached hydrogen (secondary N) is 1. The molecule has 2 heterocycles. The number of rotatable bonds is 7. The number of piperidine rings is 1. The Hall–Kier alpha value is -3.18. The van der Waals surface area contributed by atoms with E-state index in [1.165, 1.54) is 0 Å². The summed E-state index contributed by atoms with van der Waals surface area (Å²) in [5, 5.41) is 2.97. The van der Waals surface area contributed by atoms with Crippen LogP contribution in [0, 0.1) is 0 Å². The number of carbonyl (C=O) groups excluding carboxylic acids is 1. The van der Waals surface area contributed by atoms with Crippen LogP contribution in [0.5, 0.6) is 5.75 Å². The van der Waals surface area contributed by atoms with Crippen molar-refractivity contribution in [3.8, 4) is 5.75 Å². The second-order valence-corrected chi connectivity index (χ2v) is 7.61. The molecular formula is C25H27N3O2. The van der Waals surface area contributed by atoms with Gasteiger partial charge in [0, 0.05) is 37.9 Å². The number of aromatic nitrogens is 1. The lowest BCUT2D eigenvalue weighted by atomic mass is 10.1. The molecule has 1 fully saturated rings. The van der Waals surface area contributed by atoms with Crippen LogP contribution >= 0.6 is 0 Å². The van der Waals surface area contributed by atoms with E-state index in [0.717, 1.165) is 49.5 Å². The molecule has 0 unspecified atom stereocenters. The van der Waals surface area contributed by atoms with Crippen molar-refractivity contribution in [2.24, 2.45) is 0 Å². The number of likely N-dealkylation sites (tertiary alicyclic amines) is 1. The highest BCUT2D eigenvalue weighted by Crippen LogP contribution is 2.21. The second kappa shape index (κ2) is 10.0. The van der Waals surface area contributed by atoms with Crippen molar-refractivity contribution in [2.75, 3.05) is 13.1 Å². The average Bonchev–Trinajstić information content (AvgIpc) is 2.80. The van der Waals surface area contributed by atoms with Gasteiger partial charge in [-0.15, -0.1) is 0 Å². The van der Waals surface area contributed by atoms with Crippen LogP contribution in [0.4, 0.5) is 0 Å². The van der Waals surface area contributed by atoms with Gasteiger partial charge in [0.05, 0.1) is 5.69 Å². The molecule has 0 saturated carbocycles. The fourth-order valence-corrected chi connectivity index (χ4v) is 3.69. The fourth-order valence-electron chi connectivity index (χ4n) is 3.69. The highest BCUT2D eigenvalue weighted by atomic mass is 16.5. The lowest BCUT2D eigenvalue weighted by Crippen LogP contribution is -2.38. The average molecular weight is 402 g/mol. The van der Waals surface area contributed by atoms with Crippen LogP contribution < -0.4 is 10.1 Å². The molecule has 0 radical (unpaired) electrons. The molecule has 0 spiro atoms. The van der Waals surface area contributed by atoms with Crippen molar-refractivity contribution in [3.63, 3.8) is 0 Å². The van der Waals surface area contributed by atoms with Crippen LogP contribution in [-0.2, 0) is 13.1 Å². The van der Waals surface area contributed by atoms with E-state index in [1.807, 2.05) is 72.9 Å². The number of amides is 1. The summed E-state index contributed by atoms with van der Waals surface area (Å²) < 4.78 is 6.19. The minimum absolute atomic E-state index is 0.0884. The molecule has 1 saturated heterocycles. The van der Waals surface area contributed by atoms with Crippen LogP contribution in [0.1, 0.15) is 34.5 Å². The van der Waals surface area contributed by atoms with Crippen molar-refractivity contribution in [2.45, 2.75) is 32.0 Å². The zero-order chi connectivity index (χ0) is 20.6. The molecule has 0 atom stereocenters. The van der Waals surface area contributed by atoms with Gasteiger partial charge in [-0.25, -0.2) is 0 Å². The maximum atomic E-state index is 12.5. The quantitative estimate of drug-likeness (QED) is 0.649. The summed E-state index contributed by atoms with van der Waals surface area (Å²) in [6.45, 7) is 3.36. The number of hydrogen-bond acceptors (Lipinski definition) is 4. The van der Waals surface area contributed by atoms with Gasteiger partial charge >= 0.3 is 0 Å². The lowest BCUT2D eigenvalue weighted by molar-refractivity contribution is 0.0932. The molecule has 3 aromatic rings. The Labute approximate surface area is 177 Å². The minimum Gasteiger partial charge on any atom is -0.490 e. The molecule has 1 aliphatic heterocycles. The molecule has 4 rings (SSSR count). The summed E-state index contributed by atoms with van der Waals surface area (Å²) in [4.78, 5) is 19.3. The van der Waals surface area contributed by atoms with Gasteiger partial charge in [-0.2, -0.15) is 0 Å². The van der Waals surface area contributed by atoms with E-state index in [1.54, 1.807) is 0 Å². The standard InChI is InChI=1S/C25H27N3O2/c29-25(27-18-20-7-2-1-3-8-20)21-9-6-11-24(17-21)30-23-12-15-28(16-13-23)19-22-10-4-5-14-26-22/h1-11,14,17,23H,12-13,15-16,18-19H2,(H,27,29). The van der Waals surface area contributed by atoms with Crippen molar-refractivity contribution in [1.82, 2.24) is 15.2 Å². The third-order valence-electron chi connectivity index (χ3n) is 5.34. The van der Waals surface area contributed by atoms with E-state index in [0.29, 0.717) is 12.1 Å². The predicted octanol–water partition coefficient (Wildman–Crippen LogP) is 4.06. The number of benzene rings is 2. The Kier molecular flexibility index (Phi) is 6.72. The molecule has 1 aliphatic rings. The van der Waals surface area contributed by atoms with Gasteiger partial charge in [-0.05, 0) is 48.7 Å². The summed E-state index contributed by atoms with van der Waals surface area (Å²) in [6.07, 6.45) is 3.95. The molecule has 5 nitrogen and oxygen atoms in total. The molecule has 30 heavy (non-hydrogen) atoms. The predicted molar refractivity (Wildman–Crippen MR) is 117 cm³/mol. The fraction of sp³-hybridized carbons (Fsp3) is 0.280. The summed E-state index contributed by atoms with van der Waals surface area (Å²) in [7, 11) is 0. The van der Waals surface area contributed by atoms with Crippen molar-refractivity contribution in [3.05, 3.63) is 95.8 Å². The molecular weight excluding hydrogens is 374 g/mol. The largest absolute Gasteiger partial charge is 0.490 e. The summed E-state index contributed by atoms with van der Waals surface area (Å²) >= 11 is 0. The Morgan fingerprint density at radius 1 is 1.00 bits per heavy atom. The van der Waals surface area contributed by atoms with Crippen LogP contribution in [0.25, 0.3) is 0 Å². The Balaban J connectivity index is 1.27. The SMILES string of the molecule is O=C(NCc1ccccc1)c1cccc(OC2CCN(Cc3ccccn3)CC2)c1. The third kappa shape index (κ3) is 5.67. The second-order valence-electron chi connectivity index (χ2n) is 7.61. The number of nitrogens with zero attached hydrogens (tertiary/aromatic N) is 2. The first-order valence-electron chi connectivity index (χ1n) is 10.5. The smallest absolute Gasteiger partial charge is 0.251 e. The molecule has 1 N–H and O–H groups in total. The Morgan fingerprint density at radius 2 is 1.80 bits per heavy atom. The normalized spacial score (nSPS) is 14.9. The van der Waals surface area contributed by atoms with Gasteiger partial charge in [0.2, 0.25) is 0 Å². The summed E-state index contributed by atoms with van der Waals surface area (Å²) in [5.74, 6) is 0.667. The summed E-state index contributed by atoms with van der Waals surface area (Å²) in [5.41, 5.74) is 2.80. The van der Waals surface area contributed by atoms with Crippen LogP contribution in [0.15, 0.2) is 79.0 Å². The highest BCUT2D eigenvalue weighted by molar-refractivity contribution is 5.94. The first-order chi connectivity index (χ1) is 14.8. The van der Waals surface area contributed by atoms with Gasteiger partial charge in [0.15, 0.2) is 0 Å². The molecule has 0 aliphatic carbocycles. The number of ether oxygens (including phenoxy) is 1. The first kappa shape index (κ1) is 20.1. The van der Waals surface area contributed by atoms with Crippen molar-refractivity contribution < 1.29 is 9.53 Å². The number of pyridine rings is 1. The van der Waals surface area contributed by atoms with Crippen LogP contribution in [-0.4, -0.2) is 35.0 Å². The maximum absolute atomic E-state index is 12.5. The molecule has 1 amide bonds. The number of carbonyl (C=O) groups is 1. The molecule has 154 valence electrons. The van der Waals surface area contributed by atoms with Gasteiger partial charge in [0.1, 0.15) is 11.9 Å². The van der Waals surface area contributed by atoms with Gasteiger partial charge in [-0.1, -0.05) is 42.5 Å². The molecule has 5 heteroatoms. The van der Waals surface area contributed by atoms with Gasteiger partial charge < -0.3 is 10.1 Å². The molecule has 1 aromatic heterocycles. The van der Waals surface area contributed by atoms with E-state index in [9.17, 15) is 4.79 Å². The van der Waals surface area contributed by atoms with Gasteiger partial charge in [-0.3, -0.25) is 14.7 Å². The molecule has 2 aromatic carbocycles. The van der Waals surface area contributed by atoms with Crippen molar-refractivity contribution >= 4 is 5.91 Å². The molecule has 0 bridgehead atoms. The van der Waals surface area contributed by atoms with E-state index < -0.39 is 0 Å². The third-order valence-corrected chi connectivity index (χ3v) is 5.34. The Morgan fingerprint density at radius 3 is 2.57 bits per heavy atom. The van der Waals surface area contributed by atoms with E-state index in [4.69, 9.17) is 4.74 Å². The zero-order valence-corrected chi connectivity index (χ0v) is 17.0. The van der Waals surface area contributed by atoms with E-state index in [-0.39, 0.29) is 12.0 Å². The summed E-state index contributed by atoms with van der Waals surface area (Å²) in [6, 6.07) is 23.4. The van der Waals surface area contributed by atoms with E-state index in [2.05, 4.69) is 21.3 Å². The topological polar surface area (TPSA) is 54.5 Å². The van der Waals surface area contributed by atoms with Crippen molar-refractivity contribution in [1.29, 1.82) is 0 Å². The Bertz CT molecular complexity index is 939. The van der Waals surface area contributed by atoms with E-state index >= 15 is 0 Å². The zero-order valence-electron chi connectivity index (χ0n) is 17.0. The minimum atomic E-state index is -0.0884. The first-order valence-corrected chi connectivity index (χ1v) is 10.5.